The number of hydrogen-bond acceptors (Lipinski definition) is 3. The second-order valence-electron chi connectivity index (χ2n) is 4.49. The Bertz CT molecular complexity index is 315. The van der Waals surface area contributed by atoms with E-state index in [1.54, 1.807) is 0 Å². The molecule has 1 aliphatic heterocycles. The van der Waals surface area contributed by atoms with Gasteiger partial charge in [-0.25, -0.2) is 0 Å². The highest BCUT2D eigenvalue weighted by Crippen LogP contribution is 2.11. The van der Waals surface area contributed by atoms with Crippen molar-refractivity contribution < 1.29 is 4.74 Å². The van der Waals surface area contributed by atoms with Crippen molar-refractivity contribution in [2.75, 3.05) is 32.8 Å². The maximum Gasteiger partial charge on any atom is 0.0635 e. The van der Waals surface area contributed by atoms with Gasteiger partial charge in [-0.1, -0.05) is 37.3 Å². The summed E-state index contributed by atoms with van der Waals surface area (Å²) in [5, 5.41) is 3.41. The van der Waals surface area contributed by atoms with Crippen molar-refractivity contribution in [2.24, 2.45) is 0 Å². The van der Waals surface area contributed by atoms with Gasteiger partial charge in [-0.3, -0.25) is 4.90 Å². The van der Waals surface area contributed by atoms with E-state index in [4.69, 9.17) is 4.74 Å². The van der Waals surface area contributed by atoms with Crippen LogP contribution in [-0.2, 0) is 11.3 Å². The Labute approximate surface area is 104 Å². The van der Waals surface area contributed by atoms with E-state index in [-0.39, 0.29) is 0 Å². The Morgan fingerprint density at radius 2 is 2.18 bits per heavy atom. The SMILES string of the molecule is CCNCC1COCCN1Cc1ccccc1. The Hall–Kier alpha value is -0.900. The van der Waals surface area contributed by atoms with E-state index < -0.39 is 0 Å². The molecule has 1 aromatic rings. The highest BCUT2D eigenvalue weighted by atomic mass is 16.5. The lowest BCUT2D eigenvalue weighted by Crippen LogP contribution is -2.49. The molecule has 0 saturated carbocycles. The van der Waals surface area contributed by atoms with Crippen LogP contribution in [0.15, 0.2) is 30.3 Å². The fourth-order valence-electron chi connectivity index (χ4n) is 2.21. The fourth-order valence-corrected chi connectivity index (χ4v) is 2.21. The van der Waals surface area contributed by atoms with Gasteiger partial charge in [0, 0.05) is 25.7 Å². The molecule has 3 nitrogen and oxygen atoms in total. The molecular weight excluding hydrogens is 212 g/mol. The summed E-state index contributed by atoms with van der Waals surface area (Å²) >= 11 is 0. The monoisotopic (exact) mass is 234 g/mol. The van der Waals surface area contributed by atoms with Crippen molar-refractivity contribution in [1.82, 2.24) is 10.2 Å². The third-order valence-electron chi connectivity index (χ3n) is 3.21. The quantitative estimate of drug-likeness (QED) is 0.835. The Balaban J connectivity index is 1.92. The summed E-state index contributed by atoms with van der Waals surface area (Å²) in [6.07, 6.45) is 0. The van der Waals surface area contributed by atoms with Crippen LogP contribution in [0.4, 0.5) is 0 Å². The van der Waals surface area contributed by atoms with E-state index in [2.05, 4.69) is 47.5 Å². The third-order valence-corrected chi connectivity index (χ3v) is 3.21. The summed E-state index contributed by atoms with van der Waals surface area (Å²) < 4.78 is 5.57. The highest BCUT2D eigenvalue weighted by molar-refractivity contribution is 5.14. The van der Waals surface area contributed by atoms with Gasteiger partial charge in [-0.05, 0) is 12.1 Å². The molecular formula is C14H22N2O. The minimum Gasteiger partial charge on any atom is -0.378 e. The van der Waals surface area contributed by atoms with E-state index in [1.807, 2.05) is 0 Å². The molecule has 3 heteroatoms. The number of ether oxygens (including phenoxy) is 1. The fraction of sp³-hybridized carbons (Fsp3) is 0.571. The van der Waals surface area contributed by atoms with Gasteiger partial charge in [0.2, 0.25) is 0 Å². The Kier molecular flexibility index (Phi) is 4.98. The van der Waals surface area contributed by atoms with Gasteiger partial charge in [0.25, 0.3) is 0 Å². The van der Waals surface area contributed by atoms with Crippen LogP contribution < -0.4 is 5.32 Å². The molecule has 1 aliphatic rings. The van der Waals surface area contributed by atoms with Crippen LogP contribution in [0.25, 0.3) is 0 Å². The highest BCUT2D eigenvalue weighted by Gasteiger charge is 2.22. The van der Waals surface area contributed by atoms with Crippen molar-refractivity contribution in [3.63, 3.8) is 0 Å². The van der Waals surface area contributed by atoms with Gasteiger partial charge >= 0.3 is 0 Å². The van der Waals surface area contributed by atoms with Crippen molar-refractivity contribution in [1.29, 1.82) is 0 Å². The third kappa shape index (κ3) is 3.80. The molecule has 1 atom stereocenters. The summed E-state index contributed by atoms with van der Waals surface area (Å²) in [5.74, 6) is 0. The van der Waals surface area contributed by atoms with Gasteiger partial charge in [-0.2, -0.15) is 0 Å². The van der Waals surface area contributed by atoms with E-state index >= 15 is 0 Å². The van der Waals surface area contributed by atoms with Crippen LogP contribution in [0.3, 0.4) is 0 Å². The van der Waals surface area contributed by atoms with E-state index in [0.717, 1.165) is 39.4 Å². The number of hydrogen-bond donors (Lipinski definition) is 1. The predicted octanol–water partition coefficient (Wildman–Crippen LogP) is 1.50. The molecule has 1 fully saturated rings. The molecule has 0 radical (unpaired) electrons. The average molecular weight is 234 g/mol. The molecule has 1 saturated heterocycles. The van der Waals surface area contributed by atoms with Crippen LogP contribution in [-0.4, -0.2) is 43.8 Å². The molecule has 17 heavy (non-hydrogen) atoms. The van der Waals surface area contributed by atoms with Crippen LogP contribution in [0.2, 0.25) is 0 Å². The summed E-state index contributed by atoms with van der Waals surface area (Å²) in [6.45, 7) is 7.95. The van der Waals surface area contributed by atoms with Crippen LogP contribution >= 0.6 is 0 Å². The van der Waals surface area contributed by atoms with Crippen LogP contribution in [0.5, 0.6) is 0 Å². The van der Waals surface area contributed by atoms with E-state index in [1.165, 1.54) is 5.56 Å². The first-order chi connectivity index (χ1) is 8.40. The minimum atomic E-state index is 0.504. The molecule has 0 aromatic heterocycles. The minimum absolute atomic E-state index is 0.504. The lowest BCUT2D eigenvalue weighted by Gasteiger charge is -2.35. The van der Waals surface area contributed by atoms with Crippen molar-refractivity contribution in [2.45, 2.75) is 19.5 Å². The van der Waals surface area contributed by atoms with E-state index in [9.17, 15) is 0 Å². The molecule has 0 bridgehead atoms. The topological polar surface area (TPSA) is 24.5 Å². The number of nitrogens with one attached hydrogen (secondary N) is 1. The maximum atomic E-state index is 5.57. The van der Waals surface area contributed by atoms with Gasteiger partial charge in [0.15, 0.2) is 0 Å². The molecule has 1 N–H and O–H groups in total. The smallest absolute Gasteiger partial charge is 0.0635 e. The number of benzene rings is 1. The number of morpholine rings is 1. The molecule has 2 rings (SSSR count). The zero-order chi connectivity index (χ0) is 11.9. The maximum absolute atomic E-state index is 5.57. The van der Waals surface area contributed by atoms with Crippen molar-refractivity contribution >= 4 is 0 Å². The molecule has 1 aromatic carbocycles. The number of rotatable bonds is 5. The van der Waals surface area contributed by atoms with Gasteiger partial charge in [0.05, 0.1) is 13.2 Å². The molecule has 0 spiro atoms. The summed E-state index contributed by atoms with van der Waals surface area (Å²) in [6, 6.07) is 11.2. The average Bonchev–Trinajstić information content (AvgIpc) is 2.39. The zero-order valence-corrected chi connectivity index (χ0v) is 10.6. The van der Waals surface area contributed by atoms with Gasteiger partial charge in [0.1, 0.15) is 0 Å². The first kappa shape index (κ1) is 12.6. The zero-order valence-electron chi connectivity index (χ0n) is 10.6. The van der Waals surface area contributed by atoms with E-state index in [0.29, 0.717) is 6.04 Å². The molecule has 1 unspecified atom stereocenters. The predicted molar refractivity (Wildman–Crippen MR) is 70.0 cm³/mol. The lowest BCUT2D eigenvalue weighted by molar-refractivity contribution is -0.0107. The number of nitrogens with zero attached hydrogens (tertiary/aromatic N) is 1. The first-order valence-electron chi connectivity index (χ1n) is 6.46. The summed E-state index contributed by atoms with van der Waals surface area (Å²) in [7, 11) is 0. The second-order valence-corrected chi connectivity index (χ2v) is 4.49. The molecule has 94 valence electrons. The standard InChI is InChI=1S/C14H22N2O/c1-2-15-10-14-12-17-9-8-16(14)11-13-6-4-3-5-7-13/h3-7,14-15H,2,8-12H2,1H3. The number of likely N-dealkylation sites (N-methyl/N-ethyl adjacent to an activating group) is 1. The normalized spacial score (nSPS) is 21.6. The molecule has 0 amide bonds. The summed E-state index contributed by atoms with van der Waals surface area (Å²) in [5.41, 5.74) is 1.39. The van der Waals surface area contributed by atoms with Gasteiger partial charge < -0.3 is 10.1 Å². The van der Waals surface area contributed by atoms with Crippen LogP contribution in [0.1, 0.15) is 12.5 Å². The van der Waals surface area contributed by atoms with Crippen LogP contribution in [0, 0.1) is 0 Å². The second kappa shape index (κ2) is 6.74. The molecule has 0 aliphatic carbocycles. The Morgan fingerprint density at radius 3 is 2.94 bits per heavy atom. The van der Waals surface area contributed by atoms with Crippen molar-refractivity contribution in [3.05, 3.63) is 35.9 Å². The van der Waals surface area contributed by atoms with Crippen molar-refractivity contribution in [3.8, 4) is 0 Å². The van der Waals surface area contributed by atoms with Gasteiger partial charge in [-0.15, -0.1) is 0 Å². The summed E-state index contributed by atoms with van der Waals surface area (Å²) in [4.78, 5) is 2.52. The molecule has 1 heterocycles. The first-order valence-corrected chi connectivity index (χ1v) is 6.46. The largest absolute Gasteiger partial charge is 0.378 e. The lowest BCUT2D eigenvalue weighted by atomic mass is 10.1. The Morgan fingerprint density at radius 1 is 1.35 bits per heavy atom.